The molecule has 0 fully saturated rings. The fraction of sp³-hybridized carbons (Fsp3) is 0.714. The van der Waals surface area contributed by atoms with Crippen LogP contribution in [0.5, 0.6) is 0 Å². The van der Waals surface area contributed by atoms with Gasteiger partial charge in [0.1, 0.15) is 0 Å². The molecule has 0 saturated carbocycles. The number of amides is 2. The highest BCUT2D eigenvalue weighted by atomic mass is 16.4. The van der Waals surface area contributed by atoms with Crippen LogP contribution in [0.3, 0.4) is 0 Å². The minimum absolute atomic E-state index is 0.242. The van der Waals surface area contributed by atoms with Gasteiger partial charge in [-0.1, -0.05) is 13.8 Å². The minimum atomic E-state index is -1.15. The SMILES string of the molecule is CCCN(C(=O)O)C(=O)CC. The number of rotatable bonds is 3. The van der Waals surface area contributed by atoms with Crippen molar-refractivity contribution in [3.8, 4) is 0 Å². The van der Waals surface area contributed by atoms with Crippen LogP contribution in [0.1, 0.15) is 26.7 Å². The maximum Gasteiger partial charge on any atom is 0.414 e. The summed E-state index contributed by atoms with van der Waals surface area (Å²) in [4.78, 5) is 22.1. The van der Waals surface area contributed by atoms with Gasteiger partial charge in [0.05, 0.1) is 0 Å². The van der Waals surface area contributed by atoms with E-state index in [4.69, 9.17) is 5.11 Å². The van der Waals surface area contributed by atoms with E-state index in [1.54, 1.807) is 6.92 Å². The van der Waals surface area contributed by atoms with Crippen molar-refractivity contribution in [2.45, 2.75) is 26.7 Å². The Morgan fingerprint density at radius 1 is 1.36 bits per heavy atom. The summed E-state index contributed by atoms with van der Waals surface area (Å²) in [7, 11) is 0. The number of hydrogen-bond acceptors (Lipinski definition) is 2. The molecule has 0 aromatic heterocycles. The average molecular weight is 159 g/mol. The molecule has 4 nitrogen and oxygen atoms in total. The molecule has 0 saturated heterocycles. The van der Waals surface area contributed by atoms with Gasteiger partial charge < -0.3 is 5.11 Å². The lowest BCUT2D eigenvalue weighted by Crippen LogP contribution is -2.35. The van der Waals surface area contributed by atoms with Crippen LogP contribution >= 0.6 is 0 Å². The lowest BCUT2D eigenvalue weighted by molar-refractivity contribution is -0.128. The Morgan fingerprint density at radius 3 is 2.18 bits per heavy atom. The molecule has 0 aliphatic carbocycles. The number of imide groups is 1. The fourth-order valence-corrected chi connectivity index (χ4v) is 0.741. The van der Waals surface area contributed by atoms with E-state index in [1.165, 1.54) is 0 Å². The molecule has 0 aromatic rings. The first-order valence-corrected chi connectivity index (χ1v) is 3.66. The van der Waals surface area contributed by atoms with Crippen molar-refractivity contribution in [3.63, 3.8) is 0 Å². The van der Waals surface area contributed by atoms with E-state index in [2.05, 4.69) is 0 Å². The predicted octanol–water partition coefficient (Wildman–Crippen LogP) is 1.31. The number of carbonyl (C=O) groups is 2. The molecule has 0 aliphatic heterocycles. The van der Waals surface area contributed by atoms with Gasteiger partial charge in [-0.25, -0.2) is 9.69 Å². The van der Waals surface area contributed by atoms with Crippen molar-refractivity contribution in [2.24, 2.45) is 0 Å². The minimum Gasteiger partial charge on any atom is -0.465 e. The zero-order valence-corrected chi connectivity index (χ0v) is 6.83. The third-order valence-corrected chi connectivity index (χ3v) is 1.28. The Balaban J connectivity index is 4.09. The normalized spacial score (nSPS) is 9.27. The molecule has 4 heteroatoms. The Labute approximate surface area is 65.8 Å². The molecule has 0 aromatic carbocycles. The topological polar surface area (TPSA) is 57.6 Å². The second-order valence-electron chi connectivity index (χ2n) is 2.18. The van der Waals surface area contributed by atoms with Crippen LogP contribution in [0.2, 0.25) is 0 Å². The van der Waals surface area contributed by atoms with Gasteiger partial charge >= 0.3 is 6.09 Å². The van der Waals surface area contributed by atoms with E-state index in [9.17, 15) is 9.59 Å². The van der Waals surface area contributed by atoms with Crippen molar-refractivity contribution in [1.82, 2.24) is 4.90 Å². The number of nitrogens with zero attached hydrogens (tertiary/aromatic N) is 1. The van der Waals surface area contributed by atoms with Crippen molar-refractivity contribution in [2.75, 3.05) is 6.54 Å². The Hall–Kier alpha value is -1.06. The monoisotopic (exact) mass is 159 g/mol. The summed E-state index contributed by atoms with van der Waals surface area (Å²) in [5, 5.41) is 8.51. The second kappa shape index (κ2) is 4.71. The number of carbonyl (C=O) groups excluding carboxylic acids is 1. The number of hydrogen-bond donors (Lipinski definition) is 1. The largest absolute Gasteiger partial charge is 0.465 e. The molecule has 1 N–H and O–H groups in total. The lowest BCUT2D eigenvalue weighted by Gasteiger charge is -2.14. The predicted molar refractivity (Wildman–Crippen MR) is 40.3 cm³/mol. The second-order valence-corrected chi connectivity index (χ2v) is 2.18. The molecular formula is C7H13NO3. The van der Waals surface area contributed by atoms with E-state index >= 15 is 0 Å². The maximum atomic E-state index is 10.9. The first-order chi connectivity index (χ1) is 5.13. The third-order valence-electron chi connectivity index (χ3n) is 1.28. The molecule has 11 heavy (non-hydrogen) atoms. The van der Waals surface area contributed by atoms with Crippen LogP contribution in [0.25, 0.3) is 0 Å². The molecule has 0 heterocycles. The lowest BCUT2D eigenvalue weighted by atomic mass is 10.3. The van der Waals surface area contributed by atoms with Crippen LogP contribution in [-0.2, 0) is 4.79 Å². The van der Waals surface area contributed by atoms with E-state index in [-0.39, 0.29) is 12.3 Å². The molecule has 64 valence electrons. The fourth-order valence-electron chi connectivity index (χ4n) is 0.741. The van der Waals surface area contributed by atoms with Crippen LogP contribution in [0.15, 0.2) is 0 Å². The first-order valence-electron chi connectivity index (χ1n) is 3.66. The van der Waals surface area contributed by atoms with Gasteiger partial charge in [0, 0.05) is 13.0 Å². The van der Waals surface area contributed by atoms with Gasteiger partial charge in [-0.15, -0.1) is 0 Å². The van der Waals surface area contributed by atoms with Gasteiger partial charge in [0.15, 0.2) is 0 Å². The molecule has 0 radical (unpaired) electrons. The summed E-state index contributed by atoms with van der Waals surface area (Å²) in [6.45, 7) is 3.77. The molecule has 0 rings (SSSR count). The van der Waals surface area contributed by atoms with Crippen molar-refractivity contribution < 1.29 is 14.7 Å². The molecule has 0 atom stereocenters. The van der Waals surface area contributed by atoms with E-state index in [1.807, 2.05) is 6.92 Å². The standard InChI is InChI=1S/C7H13NO3/c1-3-5-8(7(10)11)6(9)4-2/h3-5H2,1-2H3,(H,10,11). The van der Waals surface area contributed by atoms with Crippen LogP contribution in [0, 0.1) is 0 Å². The van der Waals surface area contributed by atoms with Crippen LogP contribution in [0.4, 0.5) is 4.79 Å². The Kier molecular flexibility index (Phi) is 4.26. The van der Waals surface area contributed by atoms with Crippen molar-refractivity contribution >= 4 is 12.0 Å². The van der Waals surface area contributed by atoms with Gasteiger partial charge in [0.25, 0.3) is 0 Å². The van der Waals surface area contributed by atoms with E-state index in [0.717, 1.165) is 4.90 Å². The van der Waals surface area contributed by atoms with Crippen LogP contribution < -0.4 is 0 Å². The van der Waals surface area contributed by atoms with Crippen LogP contribution in [-0.4, -0.2) is 28.6 Å². The summed E-state index contributed by atoms with van der Waals surface area (Å²) < 4.78 is 0. The summed E-state index contributed by atoms with van der Waals surface area (Å²) in [5.74, 6) is -0.334. The Morgan fingerprint density at radius 2 is 1.91 bits per heavy atom. The van der Waals surface area contributed by atoms with Crippen molar-refractivity contribution in [1.29, 1.82) is 0 Å². The highest BCUT2D eigenvalue weighted by Crippen LogP contribution is 1.96. The van der Waals surface area contributed by atoms with Gasteiger partial charge in [-0.3, -0.25) is 4.79 Å². The van der Waals surface area contributed by atoms with E-state index < -0.39 is 6.09 Å². The average Bonchev–Trinajstić information content (AvgIpc) is 1.98. The zero-order chi connectivity index (χ0) is 8.85. The Bertz CT molecular complexity index is 156. The first kappa shape index (κ1) is 9.94. The maximum absolute atomic E-state index is 10.9. The number of carboxylic acid groups (broad SMARTS) is 1. The van der Waals surface area contributed by atoms with Crippen molar-refractivity contribution in [3.05, 3.63) is 0 Å². The molecular weight excluding hydrogens is 146 g/mol. The zero-order valence-electron chi connectivity index (χ0n) is 6.83. The van der Waals surface area contributed by atoms with E-state index in [0.29, 0.717) is 13.0 Å². The quantitative estimate of drug-likeness (QED) is 0.675. The molecule has 0 aliphatic rings. The highest BCUT2D eigenvalue weighted by Gasteiger charge is 2.16. The summed E-state index contributed by atoms with van der Waals surface area (Å²) in [6.07, 6.45) is -0.247. The summed E-state index contributed by atoms with van der Waals surface area (Å²) in [6, 6.07) is 0. The smallest absolute Gasteiger partial charge is 0.414 e. The highest BCUT2D eigenvalue weighted by molar-refractivity contribution is 5.90. The van der Waals surface area contributed by atoms with Gasteiger partial charge in [-0.05, 0) is 6.42 Å². The summed E-state index contributed by atoms with van der Waals surface area (Å²) >= 11 is 0. The molecule has 2 amide bonds. The van der Waals surface area contributed by atoms with Gasteiger partial charge in [-0.2, -0.15) is 0 Å². The summed E-state index contributed by atoms with van der Waals surface area (Å²) in [5.41, 5.74) is 0. The van der Waals surface area contributed by atoms with Gasteiger partial charge in [0.2, 0.25) is 5.91 Å². The molecule has 0 unspecified atom stereocenters. The molecule has 0 spiro atoms. The molecule has 0 bridgehead atoms. The third kappa shape index (κ3) is 3.02.